The number of carbonyl (C=O) groups excluding carboxylic acids is 2. The zero-order valence-corrected chi connectivity index (χ0v) is 40.0. The summed E-state index contributed by atoms with van der Waals surface area (Å²) in [6.45, 7) is 4.14. The Hall–Kier alpha value is -2.29. The minimum absolute atomic E-state index is 0.0437. The van der Waals surface area contributed by atoms with Crippen molar-refractivity contribution in [2.45, 2.75) is 200 Å². The second-order valence-corrected chi connectivity index (χ2v) is 18.5. The maximum atomic E-state index is 12.7. The average molecular weight is 864 g/mol. The number of phosphoric acid groups is 1. The van der Waals surface area contributed by atoms with Crippen LogP contribution in [0.25, 0.3) is 0 Å². The molecule has 0 aromatic heterocycles. The molecule has 0 aromatic carbocycles. The first kappa shape index (κ1) is 57.7. The van der Waals surface area contributed by atoms with Crippen molar-refractivity contribution in [1.82, 2.24) is 0 Å². The zero-order valence-electron chi connectivity index (χ0n) is 39.1. The number of rotatable bonds is 43. The van der Waals surface area contributed by atoms with Crippen molar-refractivity contribution < 1.29 is 42.1 Å². The summed E-state index contributed by atoms with van der Waals surface area (Å²) in [5.41, 5.74) is 0. The summed E-state index contributed by atoms with van der Waals surface area (Å²) in [6, 6.07) is 0. The van der Waals surface area contributed by atoms with E-state index in [9.17, 15) is 19.0 Å². The summed E-state index contributed by atoms with van der Waals surface area (Å²) >= 11 is 0. The van der Waals surface area contributed by atoms with Gasteiger partial charge in [-0.1, -0.05) is 164 Å². The second-order valence-electron chi connectivity index (χ2n) is 17.1. The Kier molecular flexibility index (Phi) is 40.4. The van der Waals surface area contributed by atoms with Crippen LogP contribution >= 0.6 is 7.82 Å². The number of quaternary nitrogens is 1. The highest BCUT2D eigenvalue weighted by atomic mass is 31.2. The van der Waals surface area contributed by atoms with E-state index in [-0.39, 0.29) is 26.1 Å². The molecule has 0 heterocycles. The molecule has 1 unspecified atom stereocenters. The molecule has 0 fully saturated rings. The Morgan fingerprint density at radius 3 is 1.42 bits per heavy atom. The van der Waals surface area contributed by atoms with E-state index >= 15 is 0 Å². The molecule has 0 aliphatic carbocycles. The highest BCUT2D eigenvalue weighted by Gasteiger charge is 2.21. The fourth-order valence-corrected chi connectivity index (χ4v) is 6.96. The molecule has 9 nitrogen and oxygen atoms in total. The van der Waals surface area contributed by atoms with Gasteiger partial charge in [-0.2, -0.15) is 0 Å². The summed E-state index contributed by atoms with van der Waals surface area (Å²) in [5, 5.41) is 0. The first-order chi connectivity index (χ1) is 29.0. The minimum atomic E-state index is -4.64. The van der Waals surface area contributed by atoms with Crippen LogP contribution in [0.5, 0.6) is 0 Å². The van der Waals surface area contributed by atoms with Crippen LogP contribution < -0.4 is 4.89 Å². The molecule has 0 radical (unpaired) electrons. The normalized spacial score (nSPS) is 14.0. The maximum absolute atomic E-state index is 12.7. The van der Waals surface area contributed by atoms with Crippen LogP contribution in [0.1, 0.15) is 194 Å². The quantitative estimate of drug-likeness (QED) is 0.0196. The van der Waals surface area contributed by atoms with Gasteiger partial charge < -0.3 is 27.9 Å². The third-order valence-electron chi connectivity index (χ3n) is 10.0. The predicted octanol–water partition coefficient (Wildman–Crippen LogP) is 13.4. The molecule has 10 heteroatoms. The van der Waals surface area contributed by atoms with Gasteiger partial charge in [0.25, 0.3) is 7.82 Å². The van der Waals surface area contributed by atoms with Gasteiger partial charge >= 0.3 is 11.9 Å². The Morgan fingerprint density at radius 2 is 0.917 bits per heavy atom. The third kappa shape index (κ3) is 45.2. The van der Waals surface area contributed by atoms with Gasteiger partial charge in [0.05, 0.1) is 27.7 Å². The van der Waals surface area contributed by atoms with E-state index < -0.39 is 32.5 Å². The number of phosphoric ester groups is 1. The largest absolute Gasteiger partial charge is 0.756 e. The summed E-state index contributed by atoms with van der Waals surface area (Å²) in [4.78, 5) is 37.6. The molecule has 0 N–H and O–H groups in total. The Bertz CT molecular complexity index is 1210. The van der Waals surface area contributed by atoms with Crippen LogP contribution in [0.3, 0.4) is 0 Å². The molecule has 0 aliphatic rings. The van der Waals surface area contributed by atoms with Crippen LogP contribution in [-0.4, -0.2) is 70.0 Å². The fourth-order valence-electron chi connectivity index (χ4n) is 6.23. The Morgan fingerprint density at radius 1 is 0.517 bits per heavy atom. The molecule has 0 saturated heterocycles. The number of unbranched alkanes of at least 4 members (excludes halogenated alkanes) is 19. The van der Waals surface area contributed by atoms with Crippen LogP contribution in [0.2, 0.25) is 0 Å². The van der Waals surface area contributed by atoms with E-state index in [4.69, 9.17) is 18.5 Å². The van der Waals surface area contributed by atoms with E-state index in [2.05, 4.69) is 68.5 Å². The molecule has 0 amide bonds. The number of hydrogen-bond acceptors (Lipinski definition) is 8. The van der Waals surface area contributed by atoms with Gasteiger partial charge in [-0.05, 0) is 77.0 Å². The van der Waals surface area contributed by atoms with Crippen molar-refractivity contribution in [3.63, 3.8) is 0 Å². The number of hydrogen-bond donors (Lipinski definition) is 0. The first-order valence-corrected chi connectivity index (χ1v) is 25.5. The lowest BCUT2D eigenvalue weighted by Gasteiger charge is -2.28. The van der Waals surface area contributed by atoms with Gasteiger partial charge in [0.2, 0.25) is 0 Å². The van der Waals surface area contributed by atoms with E-state index in [0.717, 1.165) is 44.9 Å². The van der Waals surface area contributed by atoms with E-state index in [0.29, 0.717) is 30.3 Å². The smallest absolute Gasteiger partial charge is 0.306 e. The highest BCUT2D eigenvalue weighted by Crippen LogP contribution is 2.38. The minimum Gasteiger partial charge on any atom is -0.756 e. The summed E-state index contributed by atoms with van der Waals surface area (Å²) in [7, 11) is 1.12. The summed E-state index contributed by atoms with van der Waals surface area (Å²) < 4.78 is 33.9. The van der Waals surface area contributed by atoms with E-state index in [1.807, 2.05) is 27.2 Å². The molecule has 60 heavy (non-hydrogen) atoms. The van der Waals surface area contributed by atoms with Gasteiger partial charge in [0, 0.05) is 12.8 Å². The van der Waals surface area contributed by atoms with Gasteiger partial charge in [0.1, 0.15) is 19.8 Å². The monoisotopic (exact) mass is 864 g/mol. The molecule has 0 spiro atoms. The molecule has 0 aliphatic heterocycles. The number of allylic oxidation sites excluding steroid dienone is 10. The van der Waals surface area contributed by atoms with Gasteiger partial charge in [-0.15, -0.1) is 0 Å². The maximum Gasteiger partial charge on any atom is 0.306 e. The lowest BCUT2D eigenvalue weighted by Crippen LogP contribution is -2.37. The van der Waals surface area contributed by atoms with Crippen molar-refractivity contribution in [3.05, 3.63) is 60.8 Å². The molecule has 2 atom stereocenters. The van der Waals surface area contributed by atoms with Crippen molar-refractivity contribution in [3.8, 4) is 0 Å². The van der Waals surface area contributed by atoms with Gasteiger partial charge in [-0.3, -0.25) is 14.2 Å². The molecule has 0 saturated carbocycles. The topological polar surface area (TPSA) is 111 Å². The van der Waals surface area contributed by atoms with Crippen molar-refractivity contribution in [2.24, 2.45) is 0 Å². The molecule has 0 aromatic rings. The fraction of sp³-hybridized carbons (Fsp3) is 0.760. The van der Waals surface area contributed by atoms with Crippen molar-refractivity contribution in [1.29, 1.82) is 0 Å². The third-order valence-corrected chi connectivity index (χ3v) is 11.0. The second kappa shape index (κ2) is 42.0. The first-order valence-electron chi connectivity index (χ1n) is 24.0. The van der Waals surface area contributed by atoms with Gasteiger partial charge in [0.15, 0.2) is 6.10 Å². The van der Waals surface area contributed by atoms with E-state index in [1.54, 1.807) is 0 Å². The van der Waals surface area contributed by atoms with Crippen LogP contribution in [0.15, 0.2) is 60.8 Å². The lowest BCUT2D eigenvalue weighted by molar-refractivity contribution is -0.870. The standard InChI is InChI=1S/C50H90NO8P/c1-6-8-10-12-14-16-18-20-22-23-24-25-26-27-29-31-33-35-37-39-41-43-50(53)59-48(47-58-60(54,55)57-45-44-51(3,4)5)46-56-49(52)42-40-38-36-34-32-30-28-21-19-17-15-13-11-9-7-2/h17,19,22-23,25-26,29,31,35,37,48H,6-16,18,20-21,24,27-28,30,32-34,36,38-47H2,1-5H3/b19-17+,23-22+,26-25+,31-29+,37-35+/t48-/m1/s1. The summed E-state index contributed by atoms with van der Waals surface area (Å²) in [5.74, 6) is -0.906. The Balaban J connectivity index is 4.42. The molecule has 0 bridgehead atoms. The molecular weight excluding hydrogens is 774 g/mol. The van der Waals surface area contributed by atoms with Crippen molar-refractivity contribution >= 4 is 19.8 Å². The zero-order chi connectivity index (χ0) is 44.3. The molecule has 0 rings (SSSR count). The number of esters is 2. The number of nitrogens with zero attached hydrogens (tertiary/aromatic N) is 1. The van der Waals surface area contributed by atoms with E-state index in [1.165, 1.54) is 103 Å². The number of carbonyl (C=O) groups is 2. The SMILES string of the molecule is CCCCCC/C=C/CCCCCCCCCC(=O)OC[C@H](COP(=O)([O-])OCC[N+](C)(C)C)OC(=O)CCC/C=C/C/C=C/C/C=C/C/C=C/CCCCCCCCC. The van der Waals surface area contributed by atoms with Gasteiger partial charge in [-0.25, -0.2) is 0 Å². The van der Waals surface area contributed by atoms with Crippen LogP contribution in [0.4, 0.5) is 0 Å². The van der Waals surface area contributed by atoms with Crippen LogP contribution in [0, 0.1) is 0 Å². The predicted molar refractivity (Wildman–Crippen MR) is 250 cm³/mol. The highest BCUT2D eigenvalue weighted by molar-refractivity contribution is 7.45. The molecular formula is C50H90NO8P. The van der Waals surface area contributed by atoms with Crippen LogP contribution in [-0.2, 0) is 32.7 Å². The van der Waals surface area contributed by atoms with Crippen molar-refractivity contribution in [2.75, 3.05) is 47.5 Å². The average Bonchev–Trinajstić information content (AvgIpc) is 3.20. The number of likely N-dealkylation sites (N-methyl/N-ethyl adjacent to an activating group) is 1. The Labute approximate surface area is 368 Å². The molecule has 348 valence electrons. The lowest BCUT2D eigenvalue weighted by atomic mass is 10.1. The number of ether oxygens (including phenoxy) is 2. The summed E-state index contributed by atoms with van der Waals surface area (Å²) in [6.07, 6.45) is 51.1.